The van der Waals surface area contributed by atoms with Crippen molar-refractivity contribution in [1.29, 1.82) is 0 Å². The highest BCUT2D eigenvalue weighted by Crippen LogP contribution is 2.48. The van der Waals surface area contributed by atoms with Gasteiger partial charge < -0.3 is 20.1 Å². The van der Waals surface area contributed by atoms with Crippen LogP contribution in [-0.2, 0) is 29.2 Å². The number of amides is 1. The number of halogens is 5. The van der Waals surface area contributed by atoms with Crippen LogP contribution in [0.25, 0.3) is 33.2 Å². The molecular weight excluding hydrogens is 722 g/mol. The molecule has 5 aromatic rings. The van der Waals surface area contributed by atoms with Gasteiger partial charge in [-0.15, -0.1) is 0 Å². The number of carbonyl (C=O) groups excluding carboxylic acids is 1. The Hall–Kier alpha value is -4.76. The highest BCUT2D eigenvalue weighted by molar-refractivity contribution is 6.39. The van der Waals surface area contributed by atoms with Crippen molar-refractivity contribution in [2.45, 2.75) is 30.7 Å². The van der Waals surface area contributed by atoms with Crippen LogP contribution in [0.1, 0.15) is 29.3 Å². The summed E-state index contributed by atoms with van der Waals surface area (Å²) in [5.74, 6) is 0.0861. The Morgan fingerprint density at radius 1 is 1.04 bits per heavy atom. The summed E-state index contributed by atoms with van der Waals surface area (Å²) in [6.45, 7) is 1.95. The Balaban J connectivity index is 1.12. The minimum Gasteiger partial charge on any atom is -0.481 e. The lowest BCUT2D eigenvalue weighted by atomic mass is 9.89. The quantitative estimate of drug-likeness (QED) is 0.205. The first kappa shape index (κ1) is 34.3. The van der Waals surface area contributed by atoms with Gasteiger partial charge in [-0.25, -0.2) is 14.6 Å². The van der Waals surface area contributed by atoms with Gasteiger partial charge in [0.25, 0.3) is 5.56 Å². The number of hydrogen-bond donors (Lipinski definition) is 2. The molecule has 5 heterocycles. The zero-order valence-electron chi connectivity index (χ0n) is 27.8. The maximum absolute atomic E-state index is 13.8. The van der Waals surface area contributed by atoms with E-state index in [4.69, 9.17) is 37.7 Å². The van der Waals surface area contributed by atoms with Crippen LogP contribution in [0.2, 0.25) is 10.0 Å². The maximum Gasteiger partial charge on any atom is 0.433 e. The molecule has 52 heavy (non-hydrogen) atoms. The third kappa shape index (κ3) is 5.83. The Morgan fingerprint density at radius 3 is 2.48 bits per heavy atom. The van der Waals surface area contributed by atoms with E-state index in [2.05, 4.69) is 25.6 Å². The molecular formula is C36H30Cl2F3N7O4. The summed E-state index contributed by atoms with van der Waals surface area (Å²) >= 11 is 14.0. The molecule has 3 aromatic heterocycles. The van der Waals surface area contributed by atoms with E-state index in [9.17, 15) is 22.8 Å². The number of fused-ring (bicyclic) bond motifs is 2. The standard InChI is InChI=1S/C36H30Cl2F3N7O4/c1-47-34(50)29-19(13-43-47)12-26(36(39,40)41)46-32(29)44-23-8-4-6-21(31(23)38)20-5-3-7-22(30(20)37)24-11-18-9-10-25(28(18)33(45-24)51-2)48-16-35(17-48)15-42-27(49)14-52-35/h3-8,11-13,25H,9-10,14-17H2,1-2H3,(H,42,49)(H,44,46)/t25-/m1/s1. The van der Waals surface area contributed by atoms with Gasteiger partial charge in [0.2, 0.25) is 11.8 Å². The Bertz CT molecular complexity index is 2330. The summed E-state index contributed by atoms with van der Waals surface area (Å²) in [6.07, 6.45) is -1.91. The third-order valence-corrected chi connectivity index (χ3v) is 10.7. The van der Waals surface area contributed by atoms with E-state index in [-0.39, 0.29) is 51.5 Å². The second-order valence-corrected chi connectivity index (χ2v) is 13.9. The Kier molecular flexibility index (Phi) is 8.40. The van der Waals surface area contributed by atoms with E-state index in [0.717, 1.165) is 34.7 Å². The summed E-state index contributed by atoms with van der Waals surface area (Å²) in [7, 11) is 2.98. The van der Waals surface area contributed by atoms with Crippen LogP contribution in [0.15, 0.2) is 59.5 Å². The number of anilines is 2. The molecule has 1 amide bonds. The van der Waals surface area contributed by atoms with Crippen molar-refractivity contribution in [3.05, 3.63) is 91.9 Å². The second-order valence-electron chi connectivity index (χ2n) is 13.1. The smallest absolute Gasteiger partial charge is 0.433 e. The maximum atomic E-state index is 13.8. The lowest BCUT2D eigenvalue weighted by molar-refractivity contribution is -0.179. The lowest BCUT2D eigenvalue weighted by Gasteiger charge is -2.53. The fraction of sp³-hybridized carbons (Fsp3) is 0.306. The fourth-order valence-corrected chi connectivity index (χ4v) is 7.93. The van der Waals surface area contributed by atoms with Crippen LogP contribution in [0.3, 0.4) is 0 Å². The summed E-state index contributed by atoms with van der Waals surface area (Å²) in [4.78, 5) is 35.6. The zero-order chi connectivity index (χ0) is 36.5. The predicted molar refractivity (Wildman–Crippen MR) is 189 cm³/mol. The van der Waals surface area contributed by atoms with Gasteiger partial charge in [-0.05, 0) is 36.6 Å². The number of alkyl halides is 3. The molecule has 2 aromatic carbocycles. The van der Waals surface area contributed by atoms with E-state index in [1.165, 1.54) is 13.2 Å². The molecule has 2 aliphatic heterocycles. The van der Waals surface area contributed by atoms with Crippen molar-refractivity contribution >= 4 is 51.4 Å². The third-order valence-electron chi connectivity index (χ3n) is 9.90. The minimum atomic E-state index is -4.78. The van der Waals surface area contributed by atoms with Crippen molar-refractivity contribution in [1.82, 2.24) is 30.0 Å². The van der Waals surface area contributed by atoms with Crippen LogP contribution in [0, 0.1) is 0 Å². The first-order chi connectivity index (χ1) is 24.9. The fourth-order valence-electron chi connectivity index (χ4n) is 7.33. The summed E-state index contributed by atoms with van der Waals surface area (Å²) < 4.78 is 54.2. The monoisotopic (exact) mass is 751 g/mol. The van der Waals surface area contributed by atoms with Gasteiger partial charge in [0.1, 0.15) is 23.7 Å². The van der Waals surface area contributed by atoms with Crippen LogP contribution >= 0.6 is 23.2 Å². The highest BCUT2D eigenvalue weighted by atomic mass is 35.5. The molecule has 0 unspecified atom stereocenters. The molecule has 1 atom stereocenters. The summed E-state index contributed by atoms with van der Waals surface area (Å²) in [5.41, 5.74) is 2.43. The second kappa shape index (κ2) is 12.7. The SMILES string of the molecule is COc1nc(-c2cccc(-c3cccc(Nc4nc(C(F)(F)F)cc5cnn(C)c(=O)c45)c3Cl)c2Cl)cc2c1[C@H](N1CC3(CNC(=O)CO3)C1)CC2. The molecule has 0 bridgehead atoms. The van der Waals surface area contributed by atoms with E-state index in [0.29, 0.717) is 52.9 Å². The molecule has 2 fully saturated rings. The van der Waals surface area contributed by atoms with Crippen molar-refractivity contribution in [2.75, 3.05) is 38.7 Å². The number of likely N-dealkylation sites (tertiary alicyclic amines) is 1. The molecule has 0 radical (unpaired) electrons. The molecule has 268 valence electrons. The average molecular weight is 753 g/mol. The van der Waals surface area contributed by atoms with Gasteiger partial charge >= 0.3 is 6.18 Å². The molecule has 8 rings (SSSR count). The first-order valence-corrected chi connectivity index (χ1v) is 17.1. The molecule has 16 heteroatoms. The molecule has 11 nitrogen and oxygen atoms in total. The molecule has 1 aliphatic carbocycles. The van der Waals surface area contributed by atoms with Gasteiger partial charge in [0.15, 0.2) is 0 Å². The van der Waals surface area contributed by atoms with E-state index in [1.807, 2.05) is 18.2 Å². The number of pyridine rings is 2. The van der Waals surface area contributed by atoms with E-state index in [1.54, 1.807) is 31.4 Å². The largest absolute Gasteiger partial charge is 0.481 e. The molecule has 1 spiro atoms. The van der Waals surface area contributed by atoms with Crippen LogP contribution < -0.4 is 20.9 Å². The number of rotatable bonds is 6. The van der Waals surface area contributed by atoms with Gasteiger partial charge in [0, 0.05) is 60.4 Å². The van der Waals surface area contributed by atoms with Crippen LogP contribution in [0.4, 0.5) is 24.7 Å². The number of nitrogens with one attached hydrogen (secondary N) is 2. The van der Waals surface area contributed by atoms with Crippen molar-refractivity contribution in [3.8, 4) is 28.3 Å². The number of benzene rings is 2. The number of carbonyl (C=O) groups is 1. The van der Waals surface area contributed by atoms with Crippen molar-refractivity contribution in [3.63, 3.8) is 0 Å². The molecule has 0 saturated carbocycles. The number of morpholine rings is 1. The van der Waals surface area contributed by atoms with Gasteiger partial charge in [-0.3, -0.25) is 14.5 Å². The predicted octanol–water partition coefficient (Wildman–Crippen LogP) is 6.32. The Labute approximate surface area is 304 Å². The normalized spacial score (nSPS) is 18.3. The lowest BCUT2D eigenvalue weighted by Crippen LogP contribution is -2.70. The number of aromatic nitrogens is 4. The van der Waals surface area contributed by atoms with Crippen LogP contribution in [0.5, 0.6) is 5.88 Å². The number of nitrogens with zero attached hydrogens (tertiary/aromatic N) is 5. The average Bonchev–Trinajstić information content (AvgIpc) is 3.53. The van der Waals surface area contributed by atoms with Gasteiger partial charge in [-0.1, -0.05) is 53.5 Å². The van der Waals surface area contributed by atoms with E-state index >= 15 is 0 Å². The van der Waals surface area contributed by atoms with E-state index < -0.39 is 17.4 Å². The summed E-state index contributed by atoms with van der Waals surface area (Å²) in [5, 5.41) is 10.0. The highest BCUT2D eigenvalue weighted by Gasteiger charge is 2.50. The molecule has 3 aliphatic rings. The zero-order valence-corrected chi connectivity index (χ0v) is 29.3. The van der Waals surface area contributed by atoms with Gasteiger partial charge in [0.05, 0.1) is 40.1 Å². The van der Waals surface area contributed by atoms with Crippen molar-refractivity contribution < 1.29 is 27.4 Å². The molecule has 2 saturated heterocycles. The number of hydrogen-bond acceptors (Lipinski definition) is 9. The number of aryl methyl sites for hydroxylation is 2. The van der Waals surface area contributed by atoms with Crippen molar-refractivity contribution in [2.24, 2.45) is 7.05 Å². The first-order valence-electron chi connectivity index (χ1n) is 16.4. The molecule has 2 N–H and O–H groups in total. The number of ether oxygens (including phenoxy) is 2. The number of methoxy groups -OCH3 is 1. The van der Waals surface area contributed by atoms with Crippen LogP contribution in [-0.4, -0.2) is 69.5 Å². The minimum absolute atomic E-state index is 0.0263. The summed E-state index contributed by atoms with van der Waals surface area (Å²) in [6, 6.07) is 13.3. The topological polar surface area (TPSA) is 124 Å². The Morgan fingerprint density at radius 2 is 1.77 bits per heavy atom. The van der Waals surface area contributed by atoms with Gasteiger partial charge in [-0.2, -0.15) is 18.3 Å².